The molecule has 1 aromatic rings. The average molecular weight is 383 g/mol. The predicted octanol–water partition coefficient (Wildman–Crippen LogP) is 3.65. The number of rotatable bonds is 4. The first kappa shape index (κ1) is 20.4. The predicted molar refractivity (Wildman–Crippen MR) is 100 cm³/mol. The number of amides is 1. The summed E-state index contributed by atoms with van der Waals surface area (Å²) < 4.78 is 43.2. The van der Waals surface area contributed by atoms with Gasteiger partial charge in [0.15, 0.2) is 9.84 Å². The number of nitrogens with zero attached hydrogens (tertiary/aromatic N) is 1. The molecule has 26 heavy (non-hydrogen) atoms. The summed E-state index contributed by atoms with van der Waals surface area (Å²) in [5.74, 6) is -0.395. The van der Waals surface area contributed by atoms with Gasteiger partial charge >= 0.3 is 6.09 Å². The maximum atomic E-state index is 12.9. The van der Waals surface area contributed by atoms with Crippen molar-refractivity contribution in [1.29, 1.82) is 0 Å². The molecule has 2 rings (SSSR count). The van der Waals surface area contributed by atoms with Crippen molar-refractivity contribution in [3.8, 4) is 0 Å². The summed E-state index contributed by atoms with van der Waals surface area (Å²) in [5.41, 5.74) is 0.187. The molecule has 1 heterocycles. The van der Waals surface area contributed by atoms with Crippen molar-refractivity contribution in [3.05, 3.63) is 41.7 Å². The average Bonchev–Trinajstić information content (AvgIpc) is 2.55. The number of carbonyl (C=O) groups excluding carboxylic acids is 1. The van der Waals surface area contributed by atoms with Crippen molar-refractivity contribution in [2.24, 2.45) is 0 Å². The number of halogens is 1. The lowest BCUT2D eigenvalue weighted by Gasteiger charge is -2.33. The minimum absolute atomic E-state index is 0.0680. The van der Waals surface area contributed by atoms with Gasteiger partial charge in [-0.05, 0) is 51.3 Å². The SMILES string of the molecule is CC(C)(C)OC(=O)N1CCC(S(=O)(=O)CC=Cc2ccc(F)cc2)CC1. The van der Waals surface area contributed by atoms with Gasteiger partial charge in [-0.25, -0.2) is 17.6 Å². The van der Waals surface area contributed by atoms with Gasteiger partial charge in [-0.3, -0.25) is 0 Å². The van der Waals surface area contributed by atoms with E-state index in [1.165, 1.54) is 12.1 Å². The lowest BCUT2D eigenvalue weighted by atomic mass is 10.1. The Morgan fingerprint density at radius 1 is 1.23 bits per heavy atom. The Bertz CT molecular complexity index is 743. The van der Waals surface area contributed by atoms with Crippen LogP contribution in [0, 0.1) is 5.82 Å². The Morgan fingerprint density at radius 3 is 2.35 bits per heavy atom. The van der Waals surface area contributed by atoms with Crippen LogP contribution in [-0.4, -0.2) is 49.1 Å². The fraction of sp³-hybridized carbons (Fsp3) is 0.526. The fourth-order valence-electron chi connectivity index (χ4n) is 2.75. The van der Waals surface area contributed by atoms with Crippen molar-refractivity contribution < 1.29 is 22.3 Å². The van der Waals surface area contributed by atoms with Gasteiger partial charge in [0.25, 0.3) is 0 Å². The first-order chi connectivity index (χ1) is 12.1. The second kappa shape index (κ2) is 8.20. The molecule has 1 fully saturated rings. The number of benzene rings is 1. The number of ether oxygens (including phenoxy) is 1. The smallest absolute Gasteiger partial charge is 0.410 e. The molecule has 0 unspecified atom stereocenters. The van der Waals surface area contributed by atoms with Gasteiger partial charge in [0.2, 0.25) is 0 Å². The van der Waals surface area contributed by atoms with Gasteiger partial charge in [0, 0.05) is 13.1 Å². The molecule has 0 aliphatic carbocycles. The highest BCUT2D eigenvalue weighted by Crippen LogP contribution is 2.21. The van der Waals surface area contributed by atoms with E-state index in [4.69, 9.17) is 4.74 Å². The van der Waals surface area contributed by atoms with E-state index in [9.17, 15) is 17.6 Å². The summed E-state index contributed by atoms with van der Waals surface area (Å²) in [5, 5.41) is -0.459. The van der Waals surface area contributed by atoms with E-state index in [1.54, 1.807) is 50.0 Å². The molecular weight excluding hydrogens is 357 g/mol. The molecule has 0 atom stereocenters. The van der Waals surface area contributed by atoms with Crippen LogP contribution in [0.25, 0.3) is 6.08 Å². The summed E-state index contributed by atoms with van der Waals surface area (Å²) in [7, 11) is -3.29. The van der Waals surface area contributed by atoms with Crippen molar-refractivity contribution in [1.82, 2.24) is 4.90 Å². The summed E-state index contributed by atoms with van der Waals surface area (Å²) >= 11 is 0. The van der Waals surface area contributed by atoms with E-state index < -0.39 is 26.8 Å². The highest BCUT2D eigenvalue weighted by Gasteiger charge is 2.32. The third-order valence-corrected chi connectivity index (χ3v) is 6.25. The number of likely N-dealkylation sites (tertiary alicyclic amines) is 1. The van der Waals surface area contributed by atoms with Crippen molar-refractivity contribution in [3.63, 3.8) is 0 Å². The first-order valence-electron chi connectivity index (χ1n) is 8.68. The topological polar surface area (TPSA) is 63.7 Å². The molecule has 0 saturated carbocycles. The zero-order valence-electron chi connectivity index (χ0n) is 15.4. The maximum absolute atomic E-state index is 12.9. The van der Waals surface area contributed by atoms with E-state index in [-0.39, 0.29) is 11.6 Å². The largest absolute Gasteiger partial charge is 0.444 e. The van der Waals surface area contributed by atoms with Gasteiger partial charge in [-0.1, -0.05) is 24.3 Å². The molecule has 1 amide bonds. The molecule has 1 aliphatic rings. The lowest BCUT2D eigenvalue weighted by molar-refractivity contribution is 0.0217. The Balaban J connectivity index is 1.87. The van der Waals surface area contributed by atoms with Crippen molar-refractivity contribution in [2.75, 3.05) is 18.8 Å². The summed E-state index contributed by atoms with van der Waals surface area (Å²) in [6.07, 6.45) is 3.68. The van der Waals surface area contributed by atoms with Crippen molar-refractivity contribution in [2.45, 2.75) is 44.5 Å². The molecule has 0 N–H and O–H groups in total. The molecule has 0 bridgehead atoms. The van der Waals surface area contributed by atoms with Gasteiger partial charge in [-0.15, -0.1) is 0 Å². The monoisotopic (exact) mass is 383 g/mol. The van der Waals surface area contributed by atoms with Crippen LogP contribution >= 0.6 is 0 Å². The second-order valence-electron chi connectivity index (χ2n) is 7.45. The summed E-state index contributed by atoms with van der Waals surface area (Å²) in [6.45, 7) is 6.15. The molecule has 0 aromatic heterocycles. The molecule has 0 spiro atoms. The van der Waals surface area contributed by atoms with E-state index in [0.29, 0.717) is 25.9 Å². The molecule has 1 aliphatic heterocycles. The number of piperidine rings is 1. The van der Waals surface area contributed by atoms with Gasteiger partial charge in [-0.2, -0.15) is 0 Å². The molecular formula is C19H26FNO4S. The molecule has 144 valence electrons. The Morgan fingerprint density at radius 2 is 1.81 bits per heavy atom. The highest BCUT2D eigenvalue weighted by atomic mass is 32.2. The van der Waals surface area contributed by atoms with Crippen LogP contribution in [0.3, 0.4) is 0 Å². The maximum Gasteiger partial charge on any atom is 0.410 e. The minimum Gasteiger partial charge on any atom is -0.444 e. The van der Waals surface area contributed by atoms with Crippen molar-refractivity contribution >= 4 is 22.0 Å². The third kappa shape index (κ3) is 6.12. The molecule has 1 saturated heterocycles. The van der Waals surface area contributed by atoms with E-state index in [1.807, 2.05) is 0 Å². The van der Waals surface area contributed by atoms with Crippen LogP contribution in [0.5, 0.6) is 0 Å². The van der Waals surface area contributed by atoms with Gasteiger partial charge in [0.1, 0.15) is 11.4 Å². The normalized spacial score (nSPS) is 16.8. The second-order valence-corrected chi connectivity index (χ2v) is 9.78. The standard InChI is InChI=1S/C19H26FNO4S/c1-19(2,3)25-18(22)21-12-10-17(11-13-21)26(23,24)14-4-5-15-6-8-16(20)9-7-15/h4-9,17H,10-14H2,1-3H3. The van der Waals surface area contributed by atoms with Crippen LogP contribution in [0.4, 0.5) is 9.18 Å². The van der Waals surface area contributed by atoms with Gasteiger partial charge < -0.3 is 9.64 Å². The Kier molecular flexibility index (Phi) is 6.44. The number of carbonyl (C=O) groups is 1. The fourth-order valence-corrected chi connectivity index (χ4v) is 4.32. The molecule has 5 nitrogen and oxygen atoms in total. The number of hydrogen-bond acceptors (Lipinski definition) is 4. The van der Waals surface area contributed by atoms with Crippen LogP contribution < -0.4 is 0 Å². The van der Waals surface area contributed by atoms with Crippen LogP contribution in [0.1, 0.15) is 39.2 Å². The van der Waals surface area contributed by atoms with Crippen LogP contribution in [0.2, 0.25) is 0 Å². The first-order valence-corrected chi connectivity index (χ1v) is 10.4. The van der Waals surface area contributed by atoms with E-state index in [2.05, 4.69) is 0 Å². The lowest BCUT2D eigenvalue weighted by Crippen LogP contribution is -2.44. The van der Waals surface area contributed by atoms with Crippen LogP contribution in [0.15, 0.2) is 30.3 Å². The summed E-state index contributed by atoms with van der Waals surface area (Å²) in [6, 6.07) is 5.86. The van der Waals surface area contributed by atoms with Crippen LogP contribution in [-0.2, 0) is 14.6 Å². The highest BCUT2D eigenvalue weighted by molar-refractivity contribution is 7.92. The zero-order valence-corrected chi connectivity index (χ0v) is 16.3. The zero-order chi connectivity index (χ0) is 19.4. The minimum atomic E-state index is -3.29. The third-order valence-electron chi connectivity index (χ3n) is 4.11. The molecule has 7 heteroatoms. The van der Waals surface area contributed by atoms with Gasteiger partial charge in [0.05, 0.1) is 11.0 Å². The number of hydrogen-bond donors (Lipinski definition) is 0. The van der Waals surface area contributed by atoms with E-state index >= 15 is 0 Å². The Hall–Kier alpha value is -1.89. The number of sulfone groups is 1. The quantitative estimate of drug-likeness (QED) is 0.796. The molecule has 1 aromatic carbocycles. The summed E-state index contributed by atoms with van der Waals surface area (Å²) in [4.78, 5) is 13.6. The van der Waals surface area contributed by atoms with E-state index in [0.717, 1.165) is 5.56 Å². The molecule has 0 radical (unpaired) electrons. The Labute approximate surface area is 154 Å².